The van der Waals surface area contributed by atoms with Crippen LogP contribution in [0.4, 0.5) is 0 Å². The third kappa shape index (κ3) is 2.24. The Hall–Kier alpha value is -1.61. The first kappa shape index (κ1) is 10.5. The third-order valence-electron chi connectivity index (χ3n) is 3.30. The zero-order valence-corrected chi connectivity index (χ0v) is 9.73. The molecule has 1 saturated heterocycles. The molecular weight excluding hydrogens is 212 g/mol. The standard InChI is InChI=1S/C14H16N2O/c1-2-8-15-13(3-1)11-4-6-12(7-5-11)14-16-9-10-17-14/h4-7,9-10,13,15H,1-3,8H2. The van der Waals surface area contributed by atoms with Crippen LogP contribution in [0.15, 0.2) is 41.1 Å². The molecule has 0 aliphatic carbocycles. The average molecular weight is 228 g/mol. The minimum Gasteiger partial charge on any atom is -0.445 e. The van der Waals surface area contributed by atoms with Crippen molar-refractivity contribution in [2.24, 2.45) is 0 Å². The van der Waals surface area contributed by atoms with Gasteiger partial charge in [0.25, 0.3) is 0 Å². The summed E-state index contributed by atoms with van der Waals surface area (Å²) in [6, 6.07) is 9.02. The number of nitrogens with zero attached hydrogens (tertiary/aromatic N) is 1. The molecule has 0 spiro atoms. The maximum absolute atomic E-state index is 5.28. The molecule has 1 aliphatic heterocycles. The Morgan fingerprint density at radius 1 is 1.18 bits per heavy atom. The van der Waals surface area contributed by atoms with Gasteiger partial charge < -0.3 is 9.73 Å². The minimum atomic E-state index is 0.516. The van der Waals surface area contributed by atoms with Crippen LogP contribution >= 0.6 is 0 Å². The SMILES string of the molecule is c1coc(-c2ccc(C3CCCCN3)cc2)n1. The van der Waals surface area contributed by atoms with E-state index in [2.05, 4.69) is 34.6 Å². The van der Waals surface area contributed by atoms with Crippen molar-refractivity contribution < 1.29 is 4.42 Å². The second-order valence-corrected chi connectivity index (χ2v) is 4.46. The maximum atomic E-state index is 5.28. The van der Waals surface area contributed by atoms with Crippen LogP contribution in [0.5, 0.6) is 0 Å². The Morgan fingerprint density at radius 3 is 2.71 bits per heavy atom. The van der Waals surface area contributed by atoms with Crippen molar-refractivity contribution in [3.05, 3.63) is 42.3 Å². The van der Waals surface area contributed by atoms with E-state index in [9.17, 15) is 0 Å². The van der Waals surface area contributed by atoms with Gasteiger partial charge in [0.2, 0.25) is 5.89 Å². The molecule has 88 valence electrons. The molecule has 1 fully saturated rings. The van der Waals surface area contributed by atoms with Gasteiger partial charge in [-0.3, -0.25) is 0 Å². The lowest BCUT2D eigenvalue weighted by Gasteiger charge is -2.23. The number of oxazole rings is 1. The van der Waals surface area contributed by atoms with Crippen molar-refractivity contribution in [1.82, 2.24) is 10.3 Å². The molecule has 1 atom stereocenters. The summed E-state index contributed by atoms with van der Waals surface area (Å²) in [5.41, 5.74) is 2.40. The van der Waals surface area contributed by atoms with Gasteiger partial charge >= 0.3 is 0 Å². The van der Waals surface area contributed by atoms with Crippen LogP contribution < -0.4 is 5.32 Å². The fourth-order valence-corrected chi connectivity index (χ4v) is 2.36. The second-order valence-electron chi connectivity index (χ2n) is 4.46. The molecule has 0 bridgehead atoms. The van der Waals surface area contributed by atoms with E-state index in [-0.39, 0.29) is 0 Å². The lowest BCUT2D eigenvalue weighted by Crippen LogP contribution is -2.26. The van der Waals surface area contributed by atoms with Crippen LogP contribution in [0, 0.1) is 0 Å². The van der Waals surface area contributed by atoms with E-state index in [4.69, 9.17) is 4.42 Å². The number of aromatic nitrogens is 1. The molecular formula is C14H16N2O. The number of rotatable bonds is 2. The molecule has 17 heavy (non-hydrogen) atoms. The maximum Gasteiger partial charge on any atom is 0.225 e. The molecule has 1 aromatic carbocycles. The van der Waals surface area contributed by atoms with Crippen LogP contribution in [0.2, 0.25) is 0 Å². The van der Waals surface area contributed by atoms with Crippen LogP contribution in [0.25, 0.3) is 11.5 Å². The molecule has 1 aromatic heterocycles. The predicted octanol–water partition coefficient (Wildman–Crippen LogP) is 3.16. The third-order valence-corrected chi connectivity index (χ3v) is 3.30. The molecule has 2 heterocycles. The minimum absolute atomic E-state index is 0.516. The summed E-state index contributed by atoms with van der Waals surface area (Å²) in [6.45, 7) is 1.13. The number of hydrogen-bond acceptors (Lipinski definition) is 3. The predicted molar refractivity (Wildman–Crippen MR) is 66.5 cm³/mol. The first-order valence-corrected chi connectivity index (χ1v) is 6.17. The molecule has 1 N–H and O–H groups in total. The smallest absolute Gasteiger partial charge is 0.225 e. The molecule has 0 saturated carbocycles. The molecule has 3 rings (SSSR count). The topological polar surface area (TPSA) is 38.1 Å². The van der Waals surface area contributed by atoms with Gasteiger partial charge in [-0.15, -0.1) is 0 Å². The Morgan fingerprint density at radius 2 is 2.06 bits per heavy atom. The Bertz CT molecular complexity index is 455. The highest BCUT2D eigenvalue weighted by atomic mass is 16.3. The largest absolute Gasteiger partial charge is 0.445 e. The highest BCUT2D eigenvalue weighted by molar-refractivity contribution is 5.53. The van der Waals surface area contributed by atoms with Gasteiger partial charge in [0.15, 0.2) is 0 Å². The Labute approximate surface area is 101 Å². The number of benzene rings is 1. The van der Waals surface area contributed by atoms with Gasteiger partial charge in [0, 0.05) is 11.6 Å². The van der Waals surface area contributed by atoms with Gasteiger partial charge in [-0.1, -0.05) is 18.6 Å². The summed E-state index contributed by atoms with van der Waals surface area (Å²) in [5.74, 6) is 0.688. The van der Waals surface area contributed by atoms with E-state index in [1.54, 1.807) is 12.5 Å². The van der Waals surface area contributed by atoms with E-state index >= 15 is 0 Å². The molecule has 3 heteroatoms. The van der Waals surface area contributed by atoms with Crippen molar-refractivity contribution in [3.8, 4) is 11.5 Å². The summed E-state index contributed by atoms with van der Waals surface area (Å²) in [4.78, 5) is 4.15. The Balaban J connectivity index is 1.80. The monoisotopic (exact) mass is 228 g/mol. The fourth-order valence-electron chi connectivity index (χ4n) is 2.36. The first-order chi connectivity index (χ1) is 8.43. The lowest BCUT2D eigenvalue weighted by atomic mass is 9.97. The fraction of sp³-hybridized carbons (Fsp3) is 0.357. The highest BCUT2D eigenvalue weighted by Crippen LogP contribution is 2.25. The number of nitrogens with one attached hydrogen (secondary N) is 1. The second kappa shape index (κ2) is 4.72. The summed E-state index contributed by atoms with van der Waals surface area (Å²) < 4.78 is 5.28. The van der Waals surface area contributed by atoms with Gasteiger partial charge in [0.05, 0.1) is 6.20 Å². The van der Waals surface area contributed by atoms with Crippen LogP contribution in [-0.4, -0.2) is 11.5 Å². The van der Waals surface area contributed by atoms with Crippen molar-refractivity contribution in [1.29, 1.82) is 0 Å². The number of piperidine rings is 1. The molecule has 2 aromatic rings. The summed E-state index contributed by atoms with van der Waals surface area (Å²) in [6.07, 6.45) is 7.13. The molecule has 0 amide bonds. The van der Waals surface area contributed by atoms with Crippen LogP contribution in [-0.2, 0) is 0 Å². The quantitative estimate of drug-likeness (QED) is 0.858. The van der Waals surface area contributed by atoms with Crippen LogP contribution in [0.1, 0.15) is 30.9 Å². The lowest BCUT2D eigenvalue weighted by molar-refractivity contribution is 0.412. The van der Waals surface area contributed by atoms with E-state index in [1.165, 1.54) is 24.8 Å². The Kier molecular flexibility index (Phi) is 2.92. The van der Waals surface area contributed by atoms with Crippen molar-refractivity contribution in [2.75, 3.05) is 6.54 Å². The van der Waals surface area contributed by atoms with Crippen molar-refractivity contribution >= 4 is 0 Å². The van der Waals surface area contributed by atoms with E-state index in [1.807, 2.05) is 0 Å². The van der Waals surface area contributed by atoms with E-state index < -0.39 is 0 Å². The zero-order chi connectivity index (χ0) is 11.5. The van der Waals surface area contributed by atoms with Crippen molar-refractivity contribution in [2.45, 2.75) is 25.3 Å². The van der Waals surface area contributed by atoms with Crippen LogP contribution in [0.3, 0.4) is 0 Å². The molecule has 3 nitrogen and oxygen atoms in total. The van der Waals surface area contributed by atoms with E-state index in [0.29, 0.717) is 11.9 Å². The van der Waals surface area contributed by atoms with Gasteiger partial charge in [-0.2, -0.15) is 0 Å². The normalized spacial score (nSPS) is 20.4. The summed E-state index contributed by atoms with van der Waals surface area (Å²) in [7, 11) is 0. The molecule has 0 radical (unpaired) electrons. The van der Waals surface area contributed by atoms with Gasteiger partial charge in [-0.05, 0) is 37.1 Å². The van der Waals surface area contributed by atoms with Gasteiger partial charge in [0.1, 0.15) is 6.26 Å². The molecule has 1 aliphatic rings. The highest BCUT2D eigenvalue weighted by Gasteiger charge is 2.14. The first-order valence-electron chi connectivity index (χ1n) is 6.17. The molecule has 1 unspecified atom stereocenters. The van der Waals surface area contributed by atoms with Crippen molar-refractivity contribution in [3.63, 3.8) is 0 Å². The average Bonchev–Trinajstić information content (AvgIpc) is 2.94. The van der Waals surface area contributed by atoms with Gasteiger partial charge in [-0.25, -0.2) is 4.98 Å². The summed E-state index contributed by atoms with van der Waals surface area (Å²) >= 11 is 0. The summed E-state index contributed by atoms with van der Waals surface area (Å²) in [5, 5.41) is 3.55. The van der Waals surface area contributed by atoms with E-state index in [0.717, 1.165) is 12.1 Å². The zero-order valence-electron chi connectivity index (χ0n) is 9.73. The number of hydrogen-bond donors (Lipinski definition) is 1.